The molecule has 0 saturated carbocycles. The highest BCUT2D eigenvalue weighted by Crippen LogP contribution is 2.36. The van der Waals surface area contributed by atoms with Crippen LogP contribution in [0.15, 0.2) is 72.8 Å². The van der Waals surface area contributed by atoms with Crippen molar-refractivity contribution >= 4 is 50.5 Å². The third-order valence-corrected chi connectivity index (χ3v) is 4.52. The minimum absolute atomic E-state index is 0.681. The highest BCUT2D eigenvalue weighted by molar-refractivity contribution is 9.10. The van der Waals surface area contributed by atoms with Crippen molar-refractivity contribution in [1.29, 1.82) is 0 Å². The van der Waals surface area contributed by atoms with E-state index in [1.54, 1.807) is 0 Å². The van der Waals surface area contributed by atoms with E-state index in [1.807, 2.05) is 83.8 Å². The van der Waals surface area contributed by atoms with Crippen LogP contribution in [0, 0.1) is 6.92 Å². The molecule has 0 atom stereocenters. The van der Waals surface area contributed by atoms with Crippen LogP contribution in [-0.4, -0.2) is 0 Å². The standard InChI is InChI=1S/C19H17BrClN3/c1-14-18(24(20)23-16-10-6-3-7-11-16)13-12-17(21)19(14)22-15-8-4-2-5-9-15/h2-13,22-23H,1H3. The smallest absolute Gasteiger partial charge is 0.0753 e. The molecule has 0 saturated heterocycles. The van der Waals surface area contributed by atoms with Crippen LogP contribution in [0.2, 0.25) is 5.02 Å². The van der Waals surface area contributed by atoms with Crippen LogP contribution in [0.25, 0.3) is 0 Å². The number of rotatable bonds is 5. The molecular weight excluding hydrogens is 386 g/mol. The second-order valence-electron chi connectivity index (χ2n) is 5.32. The molecule has 0 unspecified atom stereocenters. The Bertz CT molecular complexity index is 810. The lowest BCUT2D eigenvalue weighted by Gasteiger charge is -2.23. The van der Waals surface area contributed by atoms with Crippen molar-refractivity contribution in [1.82, 2.24) is 0 Å². The number of nitrogens with one attached hydrogen (secondary N) is 2. The van der Waals surface area contributed by atoms with Gasteiger partial charge in [-0.3, -0.25) is 5.43 Å². The second kappa shape index (κ2) is 7.60. The summed E-state index contributed by atoms with van der Waals surface area (Å²) in [5.74, 6) is 0. The number of hydrogen-bond donors (Lipinski definition) is 2. The largest absolute Gasteiger partial charge is 0.354 e. The lowest BCUT2D eigenvalue weighted by Crippen LogP contribution is -2.19. The number of para-hydroxylation sites is 2. The van der Waals surface area contributed by atoms with E-state index in [0.29, 0.717) is 5.02 Å². The minimum Gasteiger partial charge on any atom is -0.354 e. The van der Waals surface area contributed by atoms with E-state index in [4.69, 9.17) is 11.6 Å². The van der Waals surface area contributed by atoms with E-state index in [0.717, 1.165) is 28.3 Å². The number of anilines is 4. The number of benzene rings is 3. The Labute approximate surface area is 155 Å². The zero-order chi connectivity index (χ0) is 16.9. The van der Waals surface area contributed by atoms with Crippen molar-refractivity contribution in [2.45, 2.75) is 6.92 Å². The van der Waals surface area contributed by atoms with Crippen LogP contribution in [0.4, 0.5) is 22.7 Å². The van der Waals surface area contributed by atoms with Gasteiger partial charge in [-0.1, -0.05) is 48.0 Å². The number of nitrogens with zero attached hydrogens (tertiary/aromatic N) is 1. The van der Waals surface area contributed by atoms with Crippen LogP contribution in [0.3, 0.4) is 0 Å². The molecule has 3 nitrogen and oxygen atoms in total. The van der Waals surface area contributed by atoms with Gasteiger partial charge in [0.15, 0.2) is 0 Å². The zero-order valence-corrected chi connectivity index (χ0v) is 15.5. The molecule has 0 aliphatic rings. The minimum atomic E-state index is 0.681. The van der Waals surface area contributed by atoms with Gasteiger partial charge in [0.1, 0.15) is 0 Å². The molecule has 2 N–H and O–H groups in total. The van der Waals surface area contributed by atoms with Gasteiger partial charge in [0.25, 0.3) is 0 Å². The maximum absolute atomic E-state index is 6.40. The van der Waals surface area contributed by atoms with Crippen molar-refractivity contribution in [2.24, 2.45) is 0 Å². The summed E-state index contributed by atoms with van der Waals surface area (Å²) in [5, 5.41) is 4.07. The maximum atomic E-state index is 6.40. The summed E-state index contributed by atoms with van der Waals surface area (Å²) in [4.78, 5) is 0. The summed E-state index contributed by atoms with van der Waals surface area (Å²) in [6.45, 7) is 2.04. The Hall–Kier alpha value is -2.17. The molecule has 0 aliphatic heterocycles. The molecule has 0 aliphatic carbocycles. The molecule has 0 aromatic heterocycles. The summed E-state index contributed by atoms with van der Waals surface area (Å²) >= 11 is 9.97. The maximum Gasteiger partial charge on any atom is 0.0753 e. The average Bonchev–Trinajstić information content (AvgIpc) is 2.60. The van der Waals surface area contributed by atoms with E-state index >= 15 is 0 Å². The molecule has 3 rings (SSSR count). The fraction of sp³-hybridized carbons (Fsp3) is 0.0526. The molecule has 3 aromatic carbocycles. The number of halogens is 2. The first-order valence-corrected chi connectivity index (χ1v) is 8.62. The first-order chi connectivity index (χ1) is 11.6. The van der Waals surface area contributed by atoms with Gasteiger partial charge in [0.05, 0.1) is 38.2 Å². The van der Waals surface area contributed by atoms with Gasteiger partial charge >= 0.3 is 0 Å². The van der Waals surface area contributed by atoms with Gasteiger partial charge in [-0.15, -0.1) is 0 Å². The third-order valence-electron chi connectivity index (χ3n) is 3.64. The quantitative estimate of drug-likeness (QED) is 0.375. The van der Waals surface area contributed by atoms with Crippen molar-refractivity contribution in [3.63, 3.8) is 0 Å². The van der Waals surface area contributed by atoms with Crippen molar-refractivity contribution < 1.29 is 0 Å². The molecule has 0 heterocycles. The molecule has 0 bridgehead atoms. The SMILES string of the molecule is Cc1c(N(Br)Nc2ccccc2)ccc(Cl)c1Nc1ccccc1. The van der Waals surface area contributed by atoms with Gasteiger partial charge < -0.3 is 5.32 Å². The summed E-state index contributed by atoms with van der Waals surface area (Å²) in [6.07, 6.45) is 0. The topological polar surface area (TPSA) is 27.3 Å². The molecular formula is C19H17BrClN3. The lowest BCUT2D eigenvalue weighted by molar-refractivity contribution is 1.27. The predicted molar refractivity (Wildman–Crippen MR) is 107 cm³/mol. The number of hydrogen-bond acceptors (Lipinski definition) is 3. The summed E-state index contributed by atoms with van der Waals surface area (Å²) in [5.41, 5.74) is 8.17. The van der Waals surface area contributed by atoms with Crippen molar-refractivity contribution in [2.75, 3.05) is 14.8 Å². The molecule has 5 heteroatoms. The van der Waals surface area contributed by atoms with Crippen molar-refractivity contribution in [3.05, 3.63) is 83.4 Å². The average molecular weight is 403 g/mol. The van der Waals surface area contributed by atoms with Gasteiger partial charge in [-0.25, -0.2) is 4.03 Å². The second-order valence-corrected chi connectivity index (χ2v) is 6.43. The zero-order valence-electron chi connectivity index (χ0n) is 13.1. The van der Waals surface area contributed by atoms with E-state index in [-0.39, 0.29) is 0 Å². The normalized spacial score (nSPS) is 10.3. The monoisotopic (exact) mass is 401 g/mol. The highest BCUT2D eigenvalue weighted by atomic mass is 79.9. The molecule has 3 aromatic rings. The van der Waals surface area contributed by atoms with Crippen LogP contribution in [0.5, 0.6) is 0 Å². The molecule has 0 amide bonds. The van der Waals surface area contributed by atoms with Crippen LogP contribution in [0.1, 0.15) is 5.56 Å². The first-order valence-electron chi connectivity index (χ1n) is 7.54. The Morgan fingerprint density at radius 2 is 1.42 bits per heavy atom. The fourth-order valence-electron chi connectivity index (χ4n) is 2.39. The van der Waals surface area contributed by atoms with Gasteiger partial charge in [0, 0.05) is 11.3 Å². The van der Waals surface area contributed by atoms with Crippen LogP contribution in [-0.2, 0) is 0 Å². The van der Waals surface area contributed by atoms with Gasteiger partial charge in [-0.05, 0) is 43.3 Å². The van der Waals surface area contributed by atoms with Gasteiger partial charge in [-0.2, -0.15) is 0 Å². The molecule has 24 heavy (non-hydrogen) atoms. The Morgan fingerprint density at radius 3 is 2.04 bits per heavy atom. The molecule has 0 radical (unpaired) electrons. The van der Waals surface area contributed by atoms with E-state index in [1.165, 1.54) is 0 Å². The van der Waals surface area contributed by atoms with Crippen LogP contribution < -0.4 is 14.8 Å². The summed E-state index contributed by atoms with van der Waals surface area (Å²) in [7, 11) is 0. The fourth-order valence-corrected chi connectivity index (χ4v) is 3.23. The van der Waals surface area contributed by atoms with Gasteiger partial charge in [0.2, 0.25) is 0 Å². The lowest BCUT2D eigenvalue weighted by atomic mass is 10.1. The Balaban J connectivity index is 1.88. The first kappa shape index (κ1) is 16.7. The molecule has 0 spiro atoms. The van der Waals surface area contributed by atoms with Crippen LogP contribution >= 0.6 is 27.7 Å². The number of hydrazine groups is 1. The third kappa shape index (κ3) is 3.83. The molecule has 0 fully saturated rings. The predicted octanol–water partition coefficient (Wildman–Crippen LogP) is 6.54. The van der Waals surface area contributed by atoms with Crippen molar-refractivity contribution in [3.8, 4) is 0 Å². The van der Waals surface area contributed by atoms with E-state index in [2.05, 4.69) is 26.9 Å². The van der Waals surface area contributed by atoms with E-state index in [9.17, 15) is 0 Å². The van der Waals surface area contributed by atoms with E-state index < -0.39 is 0 Å². The summed E-state index contributed by atoms with van der Waals surface area (Å²) < 4.78 is 1.81. The Morgan fingerprint density at radius 1 is 0.833 bits per heavy atom. The molecule has 122 valence electrons. The highest BCUT2D eigenvalue weighted by Gasteiger charge is 2.13. The summed E-state index contributed by atoms with van der Waals surface area (Å²) in [6, 6.07) is 23.8. The Kier molecular flexibility index (Phi) is 5.28.